The van der Waals surface area contributed by atoms with Crippen molar-refractivity contribution in [2.75, 3.05) is 0 Å². The molecule has 0 bridgehead atoms. The van der Waals surface area contributed by atoms with Crippen molar-refractivity contribution in [3.8, 4) is 5.75 Å². The molecule has 0 amide bonds. The van der Waals surface area contributed by atoms with Gasteiger partial charge in [-0.15, -0.1) is 0 Å². The number of carbonyl (C=O) groups excluding carboxylic acids is 2. The molecule has 0 radical (unpaired) electrons. The maximum Gasteiger partial charge on any atom is 0.327 e. The molecule has 2 aromatic rings. The van der Waals surface area contributed by atoms with Crippen molar-refractivity contribution in [1.29, 1.82) is 0 Å². The number of hydrogen-bond donors (Lipinski definition) is 0. The highest BCUT2D eigenvalue weighted by Gasteiger charge is 2.29. The minimum atomic E-state index is -1.12. The van der Waals surface area contributed by atoms with Gasteiger partial charge >= 0.3 is 5.97 Å². The van der Waals surface area contributed by atoms with E-state index in [1.54, 1.807) is 42.5 Å². The third-order valence-electron chi connectivity index (χ3n) is 3.35. The third kappa shape index (κ3) is 3.74. The lowest BCUT2D eigenvalue weighted by atomic mass is 10.00. The van der Waals surface area contributed by atoms with E-state index in [1.807, 2.05) is 26.0 Å². The summed E-state index contributed by atoms with van der Waals surface area (Å²) >= 11 is 5.60. The Labute approximate surface area is 134 Å². The predicted molar refractivity (Wildman–Crippen MR) is 86.2 cm³/mol. The van der Waals surface area contributed by atoms with E-state index in [1.165, 1.54) is 0 Å². The molecule has 0 aromatic heterocycles. The van der Waals surface area contributed by atoms with Crippen LogP contribution in [0.2, 0.25) is 0 Å². The molecular formula is C18H17ClO3. The molecular weight excluding hydrogens is 300 g/mol. The van der Waals surface area contributed by atoms with Crippen molar-refractivity contribution in [3.63, 3.8) is 0 Å². The van der Waals surface area contributed by atoms with Gasteiger partial charge in [-0.25, -0.2) is 0 Å². The molecule has 0 aliphatic heterocycles. The van der Waals surface area contributed by atoms with E-state index in [-0.39, 0.29) is 5.92 Å². The summed E-state index contributed by atoms with van der Waals surface area (Å²) in [5, 5.41) is -0.752. The van der Waals surface area contributed by atoms with Crippen LogP contribution in [0.15, 0.2) is 54.6 Å². The first-order chi connectivity index (χ1) is 10.5. The average molecular weight is 317 g/mol. The lowest BCUT2D eigenvalue weighted by molar-refractivity contribution is -0.138. The Morgan fingerprint density at radius 2 is 1.55 bits per heavy atom. The van der Waals surface area contributed by atoms with Crippen LogP contribution in [0, 0.1) is 0 Å². The zero-order valence-electron chi connectivity index (χ0n) is 12.5. The maximum absolute atomic E-state index is 12.4. The zero-order valence-corrected chi connectivity index (χ0v) is 13.2. The molecule has 22 heavy (non-hydrogen) atoms. The summed E-state index contributed by atoms with van der Waals surface area (Å²) in [7, 11) is 0. The standard InChI is InChI=1S/C18H17ClO3/c1-12(2)14-10-6-7-11-15(14)22-18(21)16(17(19)20)13-8-4-3-5-9-13/h3-12,16H,1-2H3. The first-order valence-electron chi connectivity index (χ1n) is 7.05. The van der Waals surface area contributed by atoms with Crippen LogP contribution in [0.5, 0.6) is 5.75 Å². The summed E-state index contributed by atoms with van der Waals surface area (Å²) in [5.74, 6) is -1.13. The Hall–Kier alpha value is -2.13. The average Bonchev–Trinajstić information content (AvgIpc) is 2.48. The van der Waals surface area contributed by atoms with Crippen molar-refractivity contribution in [1.82, 2.24) is 0 Å². The summed E-state index contributed by atoms with van der Waals surface area (Å²) in [6.07, 6.45) is 0. The lowest BCUT2D eigenvalue weighted by Gasteiger charge is -2.16. The molecule has 0 N–H and O–H groups in total. The number of rotatable bonds is 5. The van der Waals surface area contributed by atoms with E-state index in [0.717, 1.165) is 5.56 Å². The summed E-state index contributed by atoms with van der Waals surface area (Å²) in [5.41, 5.74) is 1.43. The fourth-order valence-electron chi connectivity index (χ4n) is 2.22. The monoisotopic (exact) mass is 316 g/mol. The topological polar surface area (TPSA) is 43.4 Å². The number of carbonyl (C=O) groups is 2. The van der Waals surface area contributed by atoms with Crippen LogP contribution < -0.4 is 4.74 Å². The molecule has 0 fully saturated rings. The Morgan fingerprint density at radius 1 is 0.955 bits per heavy atom. The van der Waals surface area contributed by atoms with Crippen LogP contribution in [0.4, 0.5) is 0 Å². The highest BCUT2D eigenvalue weighted by molar-refractivity contribution is 6.66. The molecule has 0 aliphatic rings. The first kappa shape index (κ1) is 16.2. The molecule has 0 spiro atoms. The summed E-state index contributed by atoms with van der Waals surface area (Å²) in [6.45, 7) is 4.02. The van der Waals surface area contributed by atoms with Gasteiger partial charge < -0.3 is 4.74 Å². The largest absolute Gasteiger partial charge is 0.425 e. The molecule has 4 heteroatoms. The molecule has 2 rings (SSSR count). The van der Waals surface area contributed by atoms with Crippen LogP contribution in [-0.2, 0) is 9.59 Å². The van der Waals surface area contributed by atoms with Gasteiger partial charge in [-0.2, -0.15) is 0 Å². The van der Waals surface area contributed by atoms with Gasteiger partial charge in [0.05, 0.1) is 0 Å². The number of ether oxygens (including phenoxy) is 1. The Morgan fingerprint density at radius 3 is 2.14 bits per heavy atom. The smallest absolute Gasteiger partial charge is 0.327 e. The van der Waals surface area contributed by atoms with Crippen molar-refractivity contribution in [2.45, 2.75) is 25.7 Å². The van der Waals surface area contributed by atoms with Gasteiger partial charge in [0, 0.05) is 0 Å². The Kier molecular flexibility index (Phi) is 5.34. The fourth-order valence-corrected chi connectivity index (χ4v) is 2.44. The molecule has 0 heterocycles. The SMILES string of the molecule is CC(C)c1ccccc1OC(=O)C(C(=O)Cl)c1ccccc1. The molecule has 0 saturated heterocycles. The van der Waals surface area contributed by atoms with Gasteiger partial charge in [-0.1, -0.05) is 62.4 Å². The van der Waals surface area contributed by atoms with Crippen molar-refractivity contribution >= 4 is 22.8 Å². The number of para-hydroxylation sites is 1. The van der Waals surface area contributed by atoms with Crippen molar-refractivity contribution in [3.05, 3.63) is 65.7 Å². The predicted octanol–water partition coefficient (Wildman–Crippen LogP) is 4.26. The van der Waals surface area contributed by atoms with Gasteiger partial charge in [0.1, 0.15) is 5.75 Å². The van der Waals surface area contributed by atoms with E-state index in [0.29, 0.717) is 11.3 Å². The minimum absolute atomic E-state index is 0.200. The van der Waals surface area contributed by atoms with Crippen LogP contribution in [0.3, 0.4) is 0 Å². The summed E-state index contributed by atoms with van der Waals surface area (Å²) in [4.78, 5) is 24.1. The minimum Gasteiger partial charge on any atom is -0.425 e. The molecule has 1 atom stereocenters. The van der Waals surface area contributed by atoms with Gasteiger partial charge in [0.25, 0.3) is 0 Å². The molecule has 114 valence electrons. The van der Waals surface area contributed by atoms with E-state index in [2.05, 4.69) is 0 Å². The number of esters is 1. The lowest BCUT2D eigenvalue weighted by Crippen LogP contribution is -2.24. The van der Waals surface area contributed by atoms with E-state index >= 15 is 0 Å². The van der Waals surface area contributed by atoms with E-state index in [4.69, 9.17) is 16.3 Å². The molecule has 1 unspecified atom stereocenters. The summed E-state index contributed by atoms with van der Waals surface area (Å²) in [6, 6.07) is 15.9. The Bertz CT molecular complexity index is 665. The van der Waals surface area contributed by atoms with Crippen LogP contribution in [-0.4, -0.2) is 11.2 Å². The van der Waals surface area contributed by atoms with Gasteiger partial charge in [-0.3, -0.25) is 9.59 Å². The number of halogens is 1. The summed E-state index contributed by atoms with van der Waals surface area (Å²) < 4.78 is 5.44. The maximum atomic E-state index is 12.4. The highest BCUT2D eigenvalue weighted by atomic mass is 35.5. The van der Waals surface area contributed by atoms with Gasteiger partial charge in [0.15, 0.2) is 5.92 Å². The fraction of sp³-hybridized carbons (Fsp3) is 0.222. The molecule has 3 nitrogen and oxygen atoms in total. The van der Waals surface area contributed by atoms with Crippen molar-refractivity contribution < 1.29 is 14.3 Å². The second-order valence-corrected chi connectivity index (χ2v) is 5.63. The molecule has 0 aliphatic carbocycles. The van der Waals surface area contributed by atoms with E-state index < -0.39 is 17.1 Å². The Balaban J connectivity index is 2.29. The van der Waals surface area contributed by atoms with Crippen molar-refractivity contribution in [2.24, 2.45) is 0 Å². The quantitative estimate of drug-likeness (QED) is 0.358. The van der Waals surface area contributed by atoms with Crippen LogP contribution in [0.1, 0.15) is 36.8 Å². The highest BCUT2D eigenvalue weighted by Crippen LogP contribution is 2.28. The number of benzene rings is 2. The van der Waals surface area contributed by atoms with Gasteiger partial charge in [-0.05, 0) is 34.7 Å². The van der Waals surface area contributed by atoms with E-state index in [9.17, 15) is 9.59 Å². The second-order valence-electron chi connectivity index (χ2n) is 5.26. The zero-order chi connectivity index (χ0) is 16.1. The van der Waals surface area contributed by atoms with Crippen LogP contribution >= 0.6 is 11.6 Å². The first-order valence-corrected chi connectivity index (χ1v) is 7.43. The molecule has 2 aromatic carbocycles. The number of hydrogen-bond acceptors (Lipinski definition) is 3. The normalized spacial score (nSPS) is 12.0. The third-order valence-corrected chi connectivity index (χ3v) is 3.57. The molecule has 0 saturated carbocycles. The van der Waals surface area contributed by atoms with Gasteiger partial charge in [0.2, 0.25) is 5.24 Å². The second kappa shape index (κ2) is 7.23. The van der Waals surface area contributed by atoms with Crippen LogP contribution in [0.25, 0.3) is 0 Å².